The van der Waals surface area contributed by atoms with Crippen molar-refractivity contribution in [3.63, 3.8) is 0 Å². The number of halogens is 2. The van der Waals surface area contributed by atoms with E-state index in [0.29, 0.717) is 6.61 Å². The summed E-state index contributed by atoms with van der Waals surface area (Å²) in [6.07, 6.45) is 1.00. The maximum absolute atomic E-state index is 6.07. The molecular weight excluding hydrogens is 281 g/mol. The highest BCUT2D eigenvalue weighted by molar-refractivity contribution is 6.31. The van der Waals surface area contributed by atoms with Crippen LogP contribution in [0.1, 0.15) is 11.1 Å². The molecule has 0 bridgehead atoms. The summed E-state index contributed by atoms with van der Waals surface area (Å²) in [5.74, 6) is 0.864. The van der Waals surface area contributed by atoms with Crippen molar-refractivity contribution >= 4 is 11.6 Å². The Morgan fingerprint density at radius 1 is 1.00 bits per heavy atom. The number of hydrogen-bond donors (Lipinski definition) is 1. The van der Waals surface area contributed by atoms with E-state index in [1.807, 2.05) is 36.4 Å². The van der Waals surface area contributed by atoms with E-state index < -0.39 is 0 Å². The van der Waals surface area contributed by atoms with Crippen LogP contribution in [-0.4, -0.2) is 6.54 Å². The maximum Gasteiger partial charge on any atom is 0.119 e. The first-order chi connectivity index (χ1) is 8.79. The van der Waals surface area contributed by atoms with Crippen molar-refractivity contribution in [2.24, 2.45) is 0 Å². The van der Waals surface area contributed by atoms with Gasteiger partial charge in [-0.2, -0.15) is 0 Å². The van der Waals surface area contributed by atoms with E-state index in [1.54, 1.807) is 0 Å². The lowest BCUT2D eigenvalue weighted by molar-refractivity contribution is -0.366. The molecule has 0 amide bonds. The van der Waals surface area contributed by atoms with Gasteiger partial charge in [0, 0.05) is 17.0 Å². The van der Waals surface area contributed by atoms with Crippen LogP contribution >= 0.6 is 11.6 Å². The van der Waals surface area contributed by atoms with Crippen LogP contribution in [0.25, 0.3) is 0 Å². The summed E-state index contributed by atoms with van der Waals surface area (Å²) in [6, 6.07) is 15.8. The Hall–Kier alpha value is -1.22. The third kappa shape index (κ3) is 4.75. The van der Waals surface area contributed by atoms with Gasteiger partial charge in [-0.3, -0.25) is 0 Å². The molecule has 0 radical (unpaired) electrons. The van der Waals surface area contributed by atoms with Crippen LogP contribution in [0.3, 0.4) is 0 Å². The highest BCUT2D eigenvalue weighted by atomic mass is 35.5. The average Bonchev–Trinajstić information content (AvgIpc) is 2.40. The van der Waals surface area contributed by atoms with Crippen LogP contribution < -0.4 is 22.9 Å². The maximum atomic E-state index is 6.07. The molecule has 0 aliphatic heterocycles. The molecule has 0 aromatic heterocycles. The zero-order valence-electron chi connectivity index (χ0n) is 10.6. The molecule has 0 unspecified atom stereocenters. The van der Waals surface area contributed by atoms with Gasteiger partial charge in [0.05, 0.1) is 6.54 Å². The van der Waals surface area contributed by atoms with E-state index in [2.05, 4.69) is 17.9 Å². The molecule has 2 nitrogen and oxygen atoms in total. The predicted octanol–water partition coefficient (Wildman–Crippen LogP) is -0.293. The largest absolute Gasteiger partial charge is 1.00 e. The summed E-state index contributed by atoms with van der Waals surface area (Å²) in [6.45, 7) is 1.41. The van der Waals surface area contributed by atoms with Crippen molar-refractivity contribution in [3.05, 3.63) is 64.7 Å². The lowest BCUT2D eigenvalue weighted by Crippen LogP contribution is -3.00. The van der Waals surface area contributed by atoms with Crippen LogP contribution in [-0.2, 0) is 13.0 Å². The molecule has 0 saturated heterocycles. The van der Waals surface area contributed by atoms with Gasteiger partial charge in [-0.15, -0.1) is 0 Å². The van der Waals surface area contributed by atoms with Crippen LogP contribution in [0.2, 0.25) is 5.02 Å². The van der Waals surface area contributed by atoms with Gasteiger partial charge in [0.2, 0.25) is 0 Å². The molecule has 2 aromatic carbocycles. The van der Waals surface area contributed by atoms with Crippen molar-refractivity contribution in [2.75, 3.05) is 6.54 Å². The Morgan fingerprint density at radius 3 is 2.32 bits per heavy atom. The average molecular weight is 298 g/mol. The first kappa shape index (κ1) is 15.8. The Labute approximate surface area is 124 Å². The molecule has 19 heavy (non-hydrogen) atoms. The second-order valence-electron chi connectivity index (χ2n) is 4.13. The number of benzene rings is 2. The molecule has 0 fully saturated rings. The van der Waals surface area contributed by atoms with Crippen LogP contribution in [0.5, 0.6) is 5.75 Å². The quantitative estimate of drug-likeness (QED) is 0.809. The number of quaternary nitrogens is 1. The molecule has 0 spiro atoms. The summed E-state index contributed by atoms with van der Waals surface area (Å²) < 4.78 is 5.71. The third-order valence-corrected chi connectivity index (χ3v) is 3.11. The van der Waals surface area contributed by atoms with Gasteiger partial charge in [-0.1, -0.05) is 41.9 Å². The number of ether oxygens (including phenoxy) is 1. The second-order valence-corrected chi connectivity index (χ2v) is 4.53. The topological polar surface area (TPSA) is 36.9 Å². The van der Waals surface area contributed by atoms with Gasteiger partial charge < -0.3 is 22.9 Å². The van der Waals surface area contributed by atoms with Gasteiger partial charge >= 0.3 is 0 Å². The first-order valence-electron chi connectivity index (χ1n) is 6.04. The molecule has 3 N–H and O–H groups in total. The van der Waals surface area contributed by atoms with Gasteiger partial charge in [0.15, 0.2) is 0 Å². The van der Waals surface area contributed by atoms with E-state index in [1.165, 1.54) is 5.56 Å². The highest BCUT2D eigenvalue weighted by Crippen LogP contribution is 2.18. The van der Waals surface area contributed by atoms with Gasteiger partial charge in [-0.05, 0) is 23.8 Å². The standard InChI is InChI=1S/C15H16ClNO.ClH/c16-15-4-2-1-3-13(15)11-18-14-7-5-12(6-8-14)9-10-17;/h1-8H,9-11,17H2;1H. The van der Waals surface area contributed by atoms with Crippen molar-refractivity contribution in [3.8, 4) is 5.75 Å². The SMILES string of the molecule is [Cl-].[NH3+]CCc1ccc(OCc2ccccc2Cl)cc1. The Bertz CT molecular complexity index is 500. The lowest BCUT2D eigenvalue weighted by atomic mass is 10.1. The molecule has 0 aliphatic rings. The van der Waals surface area contributed by atoms with Crippen LogP contribution in [0, 0.1) is 0 Å². The summed E-state index contributed by atoms with van der Waals surface area (Å²) in [4.78, 5) is 0. The van der Waals surface area contributed by atoms with Crippen LogP contribution in [0.15, 0.2) is 48.5 Å². The third-order valence-electron chi connectivity index (χ3n) is 2.74. The predicted molar refractivity (Wildman–Crippen MR) is 73.7 cm³/mol. The minimum Gasteiger partial charge on any atom is -1.00 e. The summed E-state index contributed by atoms with van der Waals surface area (Å²) in [7, 11) is 0. The molecule has 102 valence electrons. The fourth-order valence-corrected chi connectivity index (χ4v) is 1.92. The molecule has 0 heterocycles. The molecule has 2 aromatic rings. The van der Waals surface area contributed by atoms with E-state index in [9.17, 15) is 0 Å². The fraction of sp³-hybridized carbons (Fsp3) is 0.200. The zero-order chi connectivity index (χ0) is 12.8. The molecule has 4 heteroatoms. The van der Waals surface area contributed by atoms with E-state index >= 15 is 0 Å². The minimum absolute atomic E-state index is 0. The van der Waals surface area contributed by atoms with Crippen molar-refractivity contribution in [1.29, 1.82) is 0 Å². The number of rotatable bonds is 5. The van der Waals surface area contributed by atoms with E-state index in [-0.39, 0.29) is 12.4 Å². The minimum atomic E-state index is 0. The second kappa shape index (κ2) is 8.05. The smallest absolute Gasteiger partial charge is 0.119 e. The van der Waals surface area contributed by atoms with E-state index in [4.69, 9.17) is 16.3 Å². The zero-order valence-corrected chi connectivity index (χ0v) is 12.1. The summed E-state index contributed by atoms with van der Waals surface area (Å²) in [5.41, 5.74) is 6.13. The lowest BCUT2D eigenvalue weighted by Gasteiger charge is -2.08. The molecule has 0 atom stereocenters. The monoisotopic (exact) mass is 297 g/mol. The Morgan fingerprint density at radius 2 is 1.68 bits per heavy atom. The Kier molecular flexibility index (Phi) is 6.71. The van der Waals surface area contributed by atoms with Gasteiger partial charge in [0.25, 0.3) is 0 Å². The first-order valence-corrected chi connectivity index (χ1v) is 6.42. The number of hydrogen-bond acceptors (Lipinski definition) is 1. The van der Waals surface area contributed by atoms with Crippen LogP contribution in [0.4, 0.5) is 0 Å². The fourth-order valence-electron chi connectivity index (χ4n) is 1.73. The normalized spacial score (nSPS) is 9.79. The van der Waals surface area contributed by atoms with E-state index in [0.717, 1.165) is 29.3 Å². The molecule has 2 rings (SSSR count). The molecular formula is C15H17Cl2NO. The van der Waals surface area contributed by atoms with Crippen molar-refractivity contribution < 1.29 is 22.9 Å². The summed E-state index contributed by atoms with van der Waals surface area (Å²) >= 11 is 6.07. The highest BCUT2D eigenvalue weighted by Gasteiger charge is 2.00. The van der Waals surface area contributed by atoms with Gasteiger partial charge in [-0.25, -0.2) is 0 Å². The van der Waals surface area contributed by atoms with Crippen molar-refractivity contribution in [1.82, 2.24) is 0 Å². The molecule has 0 saturated carbocycles. The van der Waals surface area contributed by atoms with Gasteiger partial charge in [0.1, 0.15) is 12.4 Å². The summed E-state index contributed by atoms with van der Waals surface area (Å²) in [5, 5.41) is 0.742. The van der Waals surface area contributed by atoms with Crippen molar-refractivity contribution in [2.45, 2.75) is 13.0 Å². The molecule has 0 aliphatic carbocycles. The Balaban J connectivity index is 0.00000180.